The van der Waals surface area contributed by atoms with E-state index in [2.05, 4.69) is 29.6 Å². The van der Waals surface area contributed by atoms with Gasteiger partial charge in [0.1, 0.15) is 11.6 Å². The zero-order chi connectivity index (χ0) is 23.5. The number of hydrogen-bond acceptors (Lipinski definition) is 5. The Hall–Kier alpha value is -3.29. The lowest BCUT2D eigenvalue weighted by Crippen LogP contribution is -2.43. The predicted octanol–water partition coefficient (Wildman–Crippen LogP) is 2.41. The van der Waals surface area contributed by atoms with E-state index in [1.165, 1.54) is 12.5 Å². The van der Waals surface area contributed by atoms with Crippen LogP contribution in [0.4, 0.5) is 5.82 Å². The number of likely N-dealkylation sites (tertiary alicyclic amines) is 1. The molecule has 0 spiro atoms. The minimum absolute atomic E-state index is 0.0323. The van der Waals surface area contributed by atoms with Gasteiger partial charge >= 0.3 is 0 Å². The first-order chi connectivity index (χ1) is 15.8. The summed E-state index contributed by atoms with van der Waals surface area (Å²) < 4.78 is 0. The highest BCUT2D eigenvalue weighted by Gasteiger charge is 2.31. The van der Waals surface area contributed by atoms with Crippen LogP contribution in [0.25, 0.3) is 0 Å². The molecule has 0 aliphatic carbocycles. The Labute approximate surface area is 194 Å². The smallest absolute Gasteiger partial charge is 0.241 e. The number of nitrogens with one attached hydrogen (secondary N) is 1. The maximum absolute atomic E-state index is 12.8. The number of fused-ring (bicyclic) bond motifs is 1. The summed E-state index contributed by atoms with van der Waals surface area (Å²) in [4.78, 5) is 49.5. The van der Waals surface area contributed by atoms with E-state index >= 15 is 0 Å². The minimum Gasteiger partial charge on any atom is -0.347 e. The molecular weight excluding hydrogens is 418 g/mol. The molecule has 4 rings (SSSR count). The third-order valence-corrected chi connectivity index (χ3v) is 6.52. The van der Waals surface area contributed by atoms with Gasteiger partial charge in [-0.3, -0.25) is 19.3 Å². The van der Waals surface area contributed by atoms with Crippen molar-refractivity contribution in [3.05, 3.63) is 52.5 Å². The molecule has 33 heavy (non-hydrogen) atoms. The Morgan fingerprint density at radius 3 is 2.42 bits per heavy atom. The van der Waals surface area contributed by atoms with Gasteiger partial charge in [0.15, 0.2) is 0 Å². The molecule has 8 heteroatoms. The fraction of sp³-hybridized carbons (Fsp3) is 0.480. The molecule has 0 unspecified atom stereocenters. The number of piperidine rings is 1. The normalized spacial score (nSPS) is 16.5. The van der Waals surface area contributed by atoms with Gasteiger partial charge < -0.3 is 10.2 Å². The Morgan fingerprint density at radius 1 is 1.06 bits per heavy atom. The first kappa shape index (κ1) is 22.9. The molecule has 0 atom stereocenters. The van der Waals surface area contributed by atoms with Crippen LogP contribution in [0.15, 0.2) is 24.3 Å². The topological polar surface area (TPSA) is 95.5 Å². The van der Waals surface area contributed by atoms with Crippen LogP contribution in [-0.2, 0) is 27.3 Å². The number of aromatic nitrogens is 2. The van der Waals surface area contributed by atoms with Crippen molar-refractivity contribution in [3.63, 3.8) is 0 Å². The highest BCUT2D eigenvalue weighted by Crippen LogP contribution is 2.33. The number of aryl methyl sites for hydroxylation is 2. The second-order valence-corrected chi connectivity index (χ2v) is 9.00. The summed E-state index contributed by atoms with van der Waals surface area (Å²) in [6, 6.07) is 8.23. The van der Waals surface area contributed by atoms with Gasteiger partial charge in [0.25, 0.3) is 0 Å². The van der Waals surface area contributed by atoms with E-state index in [1.807, 2.05) is 13.8 Å². The lowest BCUT2D eigenvalue weighted by atomic mass is 9.94. The van der Waals surface area contributed by atoms with Crippen molar-refractivity contribution in [2.75, 3.05) is 24.5 Å². The molecule has 0 bridgehead atoms. The van der Waals surface area contributed by atoms with Crippen molar-refractivity contribution >= 4 is 23.5 Å². The monoisotopic (exact) mass is 449 g/mol. The summed E-state index contributed by atoms with van der Waals surface area (Å²) in [5, 5.41) is 2.57. The molecular formula is C25H31N5O3. The summed E-state index contributed by atoms with van der Waals surface area (Å²) in [5.74, 6) is 1.44. The Morgan fingerprint density at radius 2 is 1.76 bits per heavy atom. The predicted molar refractivity (Wildman–Crippen MR) is 125 cm³/mol. The molecule has 2 aliphatic heterocycles. The largest absolute Gasteiger partial charge is 0.347 e. The molecule has 1 N–H and O–H groups in total. The maximum Gasteiger partial charge on any atom is 0.241 e. The highest BCUT2D eigenvalue weighted by molar-refractivity contribution is 5.95. The Balaban J connectivity index is 1.51. The summed E-state index contributed by atoms with van der Waals surface area (Å²) in [6.45, 7) is 7.19. The highest BCUT2D eigenvalue weighted by atomic mass is 16.2. The van der Waals surface area contributed by atoms with Gasteiger partial charge in [0.2, 0.25) is 17.7 Å². The SMILES string of the molecule is CC(=O)NCC(=O)N1CCC(c2nc(C)c3c(n2)N(Cc2ccc(C)cc2)C(=O)CC3)CC1. The van der Waals surface area contributed by atoms with E-state index < -0.39 is 0 Å². The molecule has 1 saturated heterocycles. The zero-order valence-electron chi connectivity index (χ0n) is 19.6. The van der Waals surface area contributed by atoms with E-state index in [0.29, 0.717) is 32.5 Å². The van der Waals surface area contributed by atoms with Crippen molar-refractivity contribution in [2.45, 2.75) is 58.9 Å². The number of benzene rings is 1. The molecule has 3 amide bonds. The van der Waals surface area contributed by atoms with E-state index in [4.69, 9.17) is 9.97 Å². The van der Waals surface area contributed by atoms with Gasteiger partial charge in [0.05, 0.1) is 13.1 Å². The Bertz CT molecular complexity index is 1060. The van der Waals surface area contributed by atoms with Gasteiger partial charge in [-0.1, -0.05) is 29.8 Å². The van der Waals surface area contributed by atoms with Gasteiger partial charge in [-0.2, -0.15) is 0 Å². The molecule has 174 valence electrons. The summed E-state index contributed by atoms with van der Waals surface area (Å²) in [6.07, 6.45) is 2.66. The number of carbonyl (C=O) groups excluding carboxylic acids is 3. The lowest BCUT2D eigenvalue weighted by Gasteiger charge is -2.33. The van der Waals surface area contributed by atoms with E-state index in [0.717, 1.165) is 41.3 Å². The maximum atomic E-state index is 12.8. The van der Waals surface area contributed by atoms with Crippen LogP contribution in [0.2, 0.25) is 0 Å². The second-order valence-electron chi connectivity index (χ2n) is 9.00. The first-order valence-electron chi connectivity index (χ1n) is 11.6. The molecule has 0 saturated carbocycles. The number of hydrogen-bond donors (Lipinski definition) is 1. The minimum atomic E-state index is -0.207. The van der Waals surface area contributed by atoms with Crippen molar-refractivity contribution in [2.24, 2.45) is 0 Å². The fourth-order valence-corrected chi connectivity index (χ4v) is 4.52. The molecule has 0 radical (unpaired) electrons. The molecule has 1 aromatic heterocycles. The standard InChI is InChI=1S/C25H31N5O3/c1-16-4-6-19(7-5-16)15-30-22(32)9-8-21-17(2)27-24(28-25(21)30)20-10-12-29(13-11-20)23(33)14-26-18(3)31/h4-7,20H,8-15H2,1-3H3,(H,26,31). The quantitative estimate of drug-likeness (QED) is 0.756. The number of amides is 3. The van der Waals surface area contributed by atoms with Gasteiger partial charge in [-0.25, -0.2) is 9.97 Å². The summed E-state index contributed by atoms with van der Waals surface area (Å²) in [5.41, 5.74) is 4.24. The molecule has 2 aromatic rings. The number of carbonyl (C=O) groups is 3. The van der Waals surface area contributed by atoms with Crippen molar-refractivity contribution in [3.8, 4) is 0 Å². The third kappa shape index (κ3) is 5.21. The molecule has 1 aromatic carbocycles. The number of nitrogens with zero attached hydrogens (tertiary/aromatic N) is 4. The van der Waals surface area contributed by atoms with Gasteiger partial charge in [-0.05, 0) is 38.7 Å². The fourth-order valence-electron chi connectivity index (χ4n) is 4.52. The van der Waals surface area contributed by atoms with Crippen LogP contribution >= 0.6 is 0 Å². The molecule has 3 heterocycles. The summed E-state index contributed by atoms with van der Waals surface area (Å²) in [7, 11) is 0. The summed E-state index contributed by atoms with van der Waals surface area (Å²) >= 11 is 0. The van der Waals surface area contributed by atoms with Crippen LogP contribution in [0.5, 0.6) is 0 Å². The first-order valence-corrected chi connectivity index (χ1v) is 11.6. The van der Waals surface area contributed by atoms with Crippen LogP contribution < -0.4 is 10.2 Å². The number of rotatable bonds is 5. The average Bonchev–Trinajstić information content (AvgIpc) is 2.80. The van der Waals surface area contributed by atoms with E-state index in [-0.39, 0.29) is 30.2 Å². The molecule has 1 fully saturated rings. The van der Waals surface area contributed by atoms with Crippen LogP contribution in [0.3, 0.4) is 0 Å². The van der Waals surface area contributed by atoms with E-state index in [9.17, 15) is 14.4 Å². The van der Waals surface area contributed by atoms with Crippen LogP contribution in [0, 0.1) is 13.8 Å². The molecule has 2 aliphatic rings. The molecule has 8 nitrogen and oxygen atoms in total. The van der Waals surface area contributed by atoms with Gasteiger partial charge in [-0.15, -0.1) is 0 Å². The van der Waals surface area contributed by atoms with Gasteiger partial charge in [0, 0.05) is 43.6 Å². The van der Waals surface area contributed by atoms with Crippen LogP contribution in [0.1, 0.15) is 60.3 Å². The third-order valence-electron chi connectivity index (χ3n) is 6.52. The van der Waals surface area contributed by atoms with Crippen molar-refractivity contribution in [1.29, 1.82) is 0 Å². The second kappa shape index (κ2) is 9.68. The Kier molecular flexibility index (Phi) is 6.72. The van der Waals surface area contributed by atoms with Crippen molar-refractivity contribution < 1.29 is 14.4 Å². The number of anilines is 1. The average molecular weight is 450 g/mol. The van der Waals surface area contributed by atoms with Crippen molar-refractivity contribution in [1.82, 2.24) is 20.2 Å². The lowest BCUT2D eigenvalue weighted by molar-refractivity contribution is -0.133. The van der Waals surface area contributed by atoms with Crippen LogP contribution in [-0.4, -0.2) is 52.2 Å². The zero-order valence-corrected chi connectivity index (χ0v) is 19.6. The van der Waals surface area contributed by atoms with E-state index in [1.54, 1.807) is 9.80 Å².